The molecule has 0 aliphatic carbocycles. The number of hydrogen-bond acceptors (Lipinski definition) is 4. The molecule has 0 radical (unpaired) electrons. The number of imide groups is 1. The quantitative estimate of drug-likeness (QED) is 0.620. The monoisotopic (exact) mass is 253 g/mol. The summed E-state index contributed by atoms with van der Waals surface area (Å²) in [4.78, 5) is 29.7. The summed E-state index contributed by atoms with van der Waals surface area (Å²) >= 11 is 0. The number of aromatic nitrogens is 1. The van der Waals surface area contributed by atoms with Gasteiger partial charge in [0.25, 0.3) is 11.8 Å². The molecule has 0 spiro atoms. The SMILES string of the molecule is Cc1cc(N)ccc1N1C(=O)c2cccnc2C1=O. The number of carbonyl (C=O) groups excluding carboxylic acids is 2. The third-order valence-electron chi connectivity index (χ3n) is 3.11. The molecular weight excluding hydrogens is 242 g/mol. The number of rotatable bonds is 1. The van der Waals surface area contributed by atoms with Gasteiger partial charge in [0.15, 0.2) is 0 Å². The van der Waals surface area contributed by atoms with Gasteiger partial charge in [0, 0.05) is 11.9 Å². The van der Waals surface area contributed by atoms with Crippen LogP contribution in [0.1, 0.15) is 26.4 Å². The summed E-state index contributed by atoms with van der Waals surface area (Å²) in [5, 5.41) is 0. The van der Waals surface area contributed by atoms with Crippen molar-refractivity contribution in [1.82, 2.24) is 4.98 Å². The second kappa shape index (κ2) is 3.91. The first-order valence-electron chi connectivity index (χ1n) is 5.79. The zero-order valence-electron chi connectivity index (χ0n) is 10.3. The van der Waals surface area contributed by atoms with Crippen molar-refractivity contribution in [3.8, 4) is 0 Å². The number of nitrogens with zero attached hydrogens (tertiary/aromatic N) is 2. The van der Waals surface area contributed by atoms with Crippen LogP contribution >= 0.6 is 0 Å². The number of anilines is 2. The molecule has 0 bridgehead atoms. The zero-order chi connectivity index (χ0) is 13.6. The average molecular weight is 253 g/mol. The van der Waals surface area contributed by atoms with Gasteiger partial charge in [-0.3, -0.25) is 14.6 Å². The van der Waals surface area contributed by atoms with Gasteiger partial charge < -0.3 is 5.73 Å². The molecule has 1 aliphatic rings. The smallest absolute Gasteiger partial charge is 0.284 e. The number of fused-ring (bicyclic) bond motifs is 1. The third kappa shape index (κ3) is 1.59. The molecule has 0 saturated heterocycles. The second-order valence-corrected chi connectivity index (χ2v) is 4.39. The summed E-state index contributed by atoms with van der Waals surface area (Å²) in [6, 6.07) is 8.32. The highest BCUT2D eigenvalue weighted by molar-refractivity contribution is 6.33. The summed E-state index contributed by atoms with van der Waals surface area (Å²) in [5.74, 6) is -0.741. The second-order valence-electron chi connectivity index (χ2n) is 4.39. The number of nitrogens with two attached hydrogens (primary N) is 1. The number of hydrogen-bond donors (Lipinski definition) is 1. The Hall–Kier alpha value is -2.69. The standard InChI is InChI=1S/C14H11N3O2/c1-8-7-9(15)4-5-11(8)17-13(18)10-3-2-6-16-12(10)14(17)19/h2-7H,15H2,1H3. The van der Waals surface area contributed by atoms with E-state index < -0.39 is 5.91 Å². The number of pyridine rings is 1. The number of nitrogen functional groups attached to an aromatic ring is 1. The molecule has 3 rings (SSSR count). The van der Waals surface area contributed by atoms with E-state index in [-0.39, 0.29) is 11.6 Å². The fourth-order valence-corrected chi connectivity index (χ4v) is 2.22. The van der Waals surface area contributed by atoms with Crippen LogP contribution in [0.4, 0.5) is 11.4 Å². The highest BCUT2D eigenvalue weighted by Crippen LogP contribution is 2.30. The van der Waals surface area contributed by atoms with Crippen molar-refractivity contribution in [1.29, 1.82) is 0 Å². The van der Waals surface area contributed by atoms with Crippen LogP contribution in [-0.2, 0) is 0 Å². The molecule has 5 heteroatoms. The minimum absolute atomic E-state index is 0.198. The van der Waals surface area contributed by atoms with Crippen molar-refractivity contribution in [2.24, 2.45) is 0 Å². The molecular formula is C14H11N3O2. The van der Waals surface area contributed by atoms with Crippen LogP contribution in [0.2, 0.25) is 0 Å². The van der Waals surface area contributed by atoms with Gasteiger partial charge in [-0.2, -0.15) is 0 Å². The topological polar surface area (TPSA) is 76.3 Å². The van der Waals surface area contributed by atoms with Crippen molar-refractivity contribution in [3.63, 3.8) is 0 Å². The highest BCUT2D eigenvalue weighted by atomic mass is 16.2. The average Bonchev–Trinajstić information content (AvgIpc) is 2.64. The molecule has 2 heterocycles. The molecule has 5 nitrogen and oxygen atoms in total. The van der Waals surface area contributed by atoms with E-state index >= 15 is 0 Å². The van der Waals surface area contributed by atoms with E-state index in [0.717, 1.165) is 10.5 Å². The molecule has 0 atom stereocenters. The highest BCUT2D eigenvalue weighted by Gasteiger charge is 2.38. The Balaban J connectivity index is 2.14. The van der Waals surface area contributed by atoms with Gasteiger partial charge in [-0.15, -0.1) is 0 Å². The lowest BCUT2D eigenvalue weighted by Gasteiger charge is -2.16. The van der Waals surface area contributed by atoms with Crippen molar-refractivity contribution in [2.45, 2.75) is 6.92 Å². The van der Waals surface area contributed by atoms with E-state index in [0.29, 0.717) is 16.9 Å². The van der Waals surface area contributed by atoms with Crippen LogP contribution in [0.5, 0.6) is 0 Å². The Morgan fingerprint density at radius 2 is 1.95 bits per heavy atom. The first kappa shape index (κ1) is 11.4. The van der Waals surface area contributed by atoms with Crippen LogP contribution in [0.15, 0.2) is 36.5 Å². The maximum atomic E-state index is 12.3. The van der Waals surface area contributed by atoms with Crippen LogP contribution in [0.3, 0.4) is 0 Å². The Kier molecular flexibility index (Phi) is 2.35. The number of aryl methyl sites for hydroxylation is 1. The van der Waals surface area contributed by atoms with Gasteiger partial charge >= 0.3 is 0 Å². The van der Waals surface area contributed by atoms with E-state index in [1.165, 1.54) is 6.20 Å². The predicted molar refractivity (Wildman–Crippen MR) is 71.0 cm³/mol. The molecule has 0 fully saturated rings. The minimum Gasteiger partial charge on any atom is -0.399 e. The first-order chi connectivity index (χ1) is 9.09. The van der Waals surface area contributed by atoms with E-state index in [1.54, 1.807) is 30.3 Å². The molecule has 0 unspecified atom stereocenters. The molecule has 19 heavy (non-hydrogen) atoms. The maximum absolute atomic E-state index is 12.3. The maximum Gasteiger partial charge on any atom is 0.284 e. The fourth-order valence-electron chi connectivity index (χ4n) is 2.22. The van der Waals surface area contributed by atoms with Crippen molar-refractivity contribution < 1.29 is 9.59 Å². The molecule has 1 aliphatic heterocycles. The van der Waals surface area contributed by atoms with E-state index in [4.69, 9.17) is 5.73 Å². The number of benzene rings is 1. The fraction of sp³-hybridized carbons (Fsp3) is 0.0714. The van der Waals surface area contributed by atoms with Crippen LogP contribution in [0.25, 0.3) is 0 Å². The molecule has 1 aromatic carbocycles. The van der Waals surface area contributed by atoms with Crippen LogP contribution < -0.4 is 10.6 Å². The Bertz CT molecular complexity index is 675. The molecule has 2 N–H and O–H groups in total. The van der Waals surface area contributed by atoms with Crippen LogP contribution in [0, 0.1) is 6.92 Å². The summed E-state index contributed by atoms with van der Waals surface area (Å²) in [7, 11) is 0. The third-order valence-corrected chi connectivity index (χ3v) is 3.11. The lowest BCUT2D eigenvalue weighted by molar-refractivity contribution is 0.0924. The van der Waals surface area contributed by atoms with Crippen LogP contribution in [-0.4, -0.2) is 16.8 Å². The molecule has 2 amide bonds. The van der Waals surface area contributed by atoms with Gasteiger partial charge in [0.05, 0.1) is 11.3 Å². The molecule has 1 aromatic heterocycles. The van der Waals surface area contributed by atoms with Crippen molar-refractivity contribution >= 4 is 23.2 Å². The molecule has 2 aromatic rings. The number of carbonyl (C=O) groups is 2. The van der Waals surface area contributed by atoms with E-state index in [9.17, 15) is 9.59 Å². The lowest BCUT2D eigenvalue weighted by atomic mass is 10.1. The van der Waals surface area contributed by atoms with Gasteiger partial charge in [-0.05, 0) is 42.8 Å². The summed E-state index contributed by atoms with van der Waals surface area (Å²) < 4.78 is 0. The normalized spacial score (nSPS) is 13.8. The Labute approximate surface area is 109 Å². The summed E-state index contributed by atoms with van der Waals surface area (Å²) in [6.07, 6.45) is 1.50. The van der Waals surface area contributed by atoms with Gasteiger partial charge in [0.2, 0.25) is 0 Å². The van der Waals surface area contributed by atoms with E-state index in [1.807, 2.05) is 6.92 Å². The molecule has 94 valence electrons. The van der Waals surface area contributed by atoms with Crippen molar-refractivity contribution in [2.75, 3.05) is 10.6 Å². The van der Waals surface area contributed by atoms with Gasteiger partial charge in [0.1, 0.15) is 5.69 Å². The predicted octanol–water partition coefficient (Wildman–Crippen LogP) is 1.77. The zero-order valence-corrected chi connectivity index (χ0v) is 10.3. The lowest BCUT2D eigenvalue weighted by Crippen LogP contribution is -2.30. The van der Waals surface area contributed by atoms with Crippen molar-refractivity contribution in [3.05, 3.63) is 53.3 Å². The minimum atomic E-state index is -0.395. The summed E-state index contributed by atoms with van der Waals surface area (Å²) in [6.45, 7) is 1.81. The Morgan fingerprint density at radius 1 is 1.16 bits per heavy atom. The molecule has 0 saturated carbocycles. The van der Waals surface area contributed by atoms with Gasteiger partial charge in [-0.1, -0.05) is 0 Å². The summed E-state index contributed by atoms with van der Waals surface area (Å²) in [5.41, 5.74) is 8.12. The first-order valence-corrected chi connectivity index (χ1v) is 5.79. The Morgan fingerprint density at radius 3 is 2.63 bits per heavy atom. The van der Waals surface area contributed by atoms with Gasteiger partial charge in [-0.25, -0.2) is 4.90 Å². The largest absolute Gasteiger partial charge is 0.399 e. The van der Waals surface area contributed by atoms with E-state index in [2.05, 4.69) is 4.98 Å². The number of amides is 2.